The van der Waals surface area contributed by atoms with Gasteiger partial charge in [-0.25, -0.2) is 13.1 Å². The summed E-state index contributed by atoms with van der Waals surface area (Å²) in [6.45, 7) is 1.87. The minimum Gasteiger partial charge on any atom is -0.508 e. The second-order valence-corrected chi connectivity index (χ2v) is 10.0. The molecule has 1 aromatic carbocycles. The van der Waals surface area contributed by atoms with Crippen LogP contribution in [0.2, 0.25) is 0 Å². The second-order valence-electron chi connectivity index (χ2n) is 6.68. The molecule has 1 saturated heterocycles. The van der Waals surface area contributed by atoms with Crippen LogP contribution in [0.4, 0.5) is 5.82 Å². The van der Waals surface area contributed by atoms with Crippen molar-refractivity contribution in [1.29, 1.82) is 0 Å². The van der Waals surface area contributed by atoms with Gasteiger partial charge in [0.2, 0.25) is 5.91 Å². The molecule has 1 amide bonds. The van der Waals surface area contributed by atoms with Crippen molar-refractivity contribution in [1.82, 2.24) is 9.78 Å². The molecule has 2 atom stereocenters. The Bertz CT molecular complexity index is 984. The van der Waals surface area contributed by atoms with Gasteiger partial charge in [-0.2, -0.15) is 5.10 Å². The number of phenolic OH excluding ortho intramolecular Hbond substituents is 1. The number of thioether (sulfide) groups is 1. The number of hydrogen-bond donors (Lipinski definition) is 2. The summed E-state index contributed by atoms with van der Waals surface area (Å²) < 4.78 is 25.4. The molecule has 0 unspecified atom stereocenters. The molecule has 0 bridgehead atoms. The maximum Gasteiger partial charge on any atom is 0.235 e. The summed E-state index contributed by atoms with van der Waals surface area (Å²) >= 11 is 1.47. The molecule has 2 N–H and O–H groups in total. The van der Waals surface area contributed by atoms with Gasteiger partial charge >= 0.3 is 0 Å². The van der Waals surface area contributed by atoms with Crippen LogP contribution in [-0.2, 0) is 14.6 Å². The number of anilines is 1. The molecular formula is C17H19N3O4S2. The first-order valence-corrected chi connectivity index (χ1v) is 11.2. The van der Waals surface area contributed by atoms with E-state index in [9.17, 15) is 18.3 Å². The number of rotatable bonds is 2. The molecule has 0 radical (unpaired) electrons. The molecule has 2 aliphatic rings. The third-order valence-electron chi connectivity index (χ3n) is 4.76. The summed E-state index contributed by atoms with van der Waals surface area (Å²) in [4.78, 5) is 12.3. The first kappa shape index (κ1) is 17.4. The number of carbonyl (C=O) groups is 1. The molecule has 2 aliphatic heterocycles. The van der Waals surface area contributed by atoms with Crippen LogP contribution < -0.4 is 5.32 Å². The molecule has 1 fully saturated rings. The largest absolute Gasteiger partial charge is 0.508 e. The number of benzene rings is 1. The summed E-state index contributed by atoms with van der Waals surface area (Å²) in [5.41, 5.74) is 2.51. The van der Waals surface area contributed by atoms with Crippen molar-refractivity contribution in [3.63, 3.8) is 0 Å². The fraction of sp³-hybridized carbons (Fsp3) is 0.412. The third-order valence-corrected chi connectivity index (χ3v) is 7.78. The van der Waals surface area contributed by atoms with E-state index in [1.54, 1.807) is 22.9 Å². The van der Waals surface area contributed by atoms with E-state index in [4.69, 9.17) is 0 Å². The zero-order valence-corrected chi connectivity index (χ0v) is 15.8. The molecule has 0 saturated carbocycles. The van der Waals surface area contributed by atoms with E-state index >= 15 is 0 Å². The molecule has 138 valence electrons. The van der Waals surface area contributed by atoms with Crippen LogP contribution in [0.3, 0.4) is 0 Å². The third kappa shape index (κ3) is 3.09. The van der Waals surface area contributed by atoms with Crippen LogP contribution in [0.15, 0.2) is 24.3 Å². The summed E-state index contributed by atoms with van der Waals surface area (Å²) in [5.74, 6) is 1.07. The Morgan fingerprint density at radius 2 is 2.19 bits per heavy atom. The quantitative estimate of drug-likeness (QED) is 0.810. The molecule has 2 aromatic rings. The minimum absolute atomic E-state index is 0.0420. The predicted molar refractivity (Wildman–Crippen MR) is 100 cm³/mol. The van der Waals surface area contributed by atoms with Crippen molar-refractivity contribution in [2.45, 2.75) is 24.6 Å². The lowest BCUT2D eigenvalue weighted by molar-refractivity contribution is -0.113. The Morgan fingerprint density at radius 3 is 2.88 bits per heavy atom. The van der Waals surface area contributed by atoms with Gasteiger partial charge in [-0.05, 0) is 31.0 Å². The highest BCUT2D eigenvalue weighted by Crippen LogP contribution is 2.45. The van der Waals surface area contributed by atoms with Gasteiger partial charge in [0.15, 0.2) is 9.84 Å². The van der Waals surface area contributed by atoms with Gasteiger partial charge < -0.3 is 10.4 Å². The summed E-state index contributed by atoms with van der Waals surface area (Å²) in [6.07, 6.45) is 0.496. The van der Waals surface area contributed by atoms with Crippen molar-refractivity contribution >= 4 is 33.3 Å². The zero-order chi connectivity index (χ0) is 18.5. The maximum absolute atomic E-state index is 12.3. The Kier molecular flexibility index (Phi) is 4.23. The first-order valence-electron chi connectivity index (χ1n) is 8.34. The van der Waals surface area contributed by atoms with E-state index in [0.717, 1.165) is 16.8 Å². The van der Waals surface area contributed by atoms with E-state index in [-0.39, 0.29) is 40.2 Å². The van der Waals surface area contributed by atoms with Gasteiger partial charge in [0.05, 0.1) is 34.2 Å². The van der Waals surface area contributed by atoms with Crippen molar-refractivity contribution in [3.05, 3.63) is 41.1 Å². The number of sulfone groups is 1. The summed E-state index contributed by atoms with van der Waals surface area (Å²) in [5, 5.41) is 17.2. The van der Waals surface area contributed by atoms with E-state index in [1.807, 2.05) is 13.0 Å². The van der Waals surface area contributed by atoms with Crippen LogP contribution in [0.1, 0.15) is 34.5 Å². The summed E-state index contributed by atoms with van der Waals surface area (Å²) in [6, 6.07) is 6.71. The number of amides is 1. The van der Waals surface area contributed by atoms with Crippen molar-refractivity contribution < 1.29 is 18.3 Å². The fourth-order valence-corrected chi connectivity index (χ4v) is 6.46. The average Bonchev–Trinajstić information content (AvgIpc) is 3.02. The second kappa shape index (κ2) is 6.31. The Morgan fingerprint density at radius 1 is 1.38 bits per heavy atom. The number of phenols is 1. The van der Waals surface area contributed by atoms with E-state index in [1.165, 1.54) is 11.8 Å². The van der Waals surface area contributed by atoms with Crippen molar-refractivity contribution in [2.24, 2.45) is 0 Å². The Hall–Kier alpha value is -2.00. The SMILES string of the molecule is Cc1nn([C@H]2CCS(=O)(=O)C2)c2c1[C@H](c1cccc(O)c1)SCC(=O)N2. The molecule has 3 heterocycles. The lowest BCUT2D eigenvalue weighted by Crippen LogP contribution is -2.20. The Labute approximate surface area is 155 Å². The Balaban J connectivity index is 1.83. The van der Waals surface area contributed by atoms with Crippen molar-refractivity contribution in [2.75, 3.05) is 22.6 Å². The number of aromatic nitrogens is 2. The highest BCUT2D eigenvalue weighted by atomic mass is 32.2. The normalized spacial score (nSPS) is 24.7. The van der Waals surface area contributed by atoms with Gasteiger partial charge in [0.25, 0.3) is 0 Å². The first-order chi connectivity index (χ1) is 12.3. The molecule has 26 heavy (non-hydrogen) atoms. The van der Waals surface area contributed by atoms with Crippen LogP contribution >= 0.6 is 11.8 Å². The molecule has 0 aliphatic carbocycles. The van der Waals surface area contributed by atoms with Gasteiger partial charge in [0, 0.05) is 5.56 Å². The number of aryl methyl sites for hydroxylation is 1. The van der Waals surface area contributed by atoms with E-state index in [0.29, 0.717) is 12.2 Å². The van der Waals surface area contributed by atoms with E-state index in [2.05, 4.69) is 10.4 Å². The number of fused-ring (bicyclic) bond motifs is 1. The molecular weight excluding hydrogens is 374 g/mol. The number of nitrogens with zero attached hydrogens (tertiary/aromatic N) is 2. The molecule has 4 rings (SSSR count). The van der Waals surface area contributed by atoms with Crippen LogP contribution in [0.5, 0.6) is 5.75 Å². The highest BCUT2D eigenvalue weighted by molar-refractivity contribution is 8.00. The predicted octanol–water partition coefficient (Wildman–Crippen LogP) is 2.03. The van der Waals surface area contributed by atoms with Gasteiger partial charge in [-0.1, -0.05) is 12.1 Å². The molecule has 9 heteroatoms. The standard InChI is InChI=1S/C17H19N3O4S2/c1-10-15-16(11-3-2-4-13(21)7-11)25-8-14(22)18-17(15)20(19-10)12-5-6-26(23,24)9-12/h2-4,7,12,16,21H,5-6,8-9H2,1H3,(H,18,22)/t12-,16-/m0/s1. The van der Waals surface area contributed by atoms with Crippen LogP contribution in [0.25, 0.3) is 0 Å². The van der Waals surface area contributed by atoms with Gasteiger partial charge in [-0.15, -0.1) is 11.8 Å². The average molecular weight is 393 g/mol. The van der Waals surface area contributed by atoms with Crippen molar-refractivity contribution in [3.8, 4) is 5.75 Å². The number of carbonyl (C=O) groups excluding carboxylic acids is 1. The van der Waals surface area contributed by atoms with Crippen LogP contribution in [0, 0.1) is 6.92 Å². The highest BCUT2D eigenvalue weighted by Gasteiger charge is 2.36. The smallest absolute Gasteiger partial charge is 0.235 e. The van der Waals surface area contributed by atoms with Crippen LogP contribution in [-0.4, -0.2) is 46.5 Å². The monoisotopic (exact) mass is 393 g/mol. The lowest BCUT2D eigenvalue weighted by atomic mass is 10.0. The fourth-order valence-electron chi connectivity index (χ4n) is 3.59. The zero-order valence-electron chi connectivity index (χ0n) is 14.2. The number of nitrogens with one attached hydrogen (secondary N) is 1. The van der Waals surface area contributed by atoms with Gasteiger partial charge in [0.1, 0.15) is 11.6 Å². The molecule has 1 aromatic heterocycles. The number of aromatic hydroxyl groups is 1. The lowest BCUT2D eigenvalue weighted by Gasteiger charge is -2.16. The molecule has 0 spiro atoms. The maximum atomic E-state index is 12.3. The summed E-state index contributed by atoms with van der Waals surface area (Å²) in [7, 11) is -3.07. The minimum atomic E-state index is -3.07. The van der Waals surface area contributed by atoms with Gasteiger partial charge in [-0.3, -0.25) is 4.79 Å². The molecule has 7 nitrogen and oxygen atoms in total. The van der Waals surface area contributed by atoms with E-state index < -0.39 is 9.84 Å². The topological polar surface area (TPSA) is 101 Å². The number of hydrogen-bond acceptors (Lipinski definition) is 6.